The molecule has 0 saturated heterocycles. The van der Waals surface area contributed by atoms with Crippen LogP contribution in [0.5, 0.6) is 11.5 Å². The molecule has 0 aliphatic carbocycles. The van der Waals surface area contributed by atoms with Gasteiger partial charge in [-0.15, -0.1) is 0 Å². The Morgan fingerprint density at radius 3 is 2.67 bits per heavy atom. The van der Waals surface area contributed by atoms with Crippen molar-refractivity contribution >= 4 is 33.8 Å². The van der Waals surface area contributed by atoms with Gasteiger partial charge >= 0.3 is 0 Å². The van der Waals surface area contributed by atoms with E-state index in [1.54, 1.807) is 12.1 Å². The number of aryl methyl sites for hydroxylation is 1. The summed E-state index contributed by atoms with van der Waals surface area (Å²) in [6.07, 6.45) is 0.724. The lowest BCUT2D eigenvalue weighted by molar-refractivity contribution is -0.118. The summed E-state index contributed by atoms with van der Waals surface area (Å²) in [6.45, 7) is 3.99. The number of hydrogen-bond acceptors (Lipinski definition) is 4. The second-order valence-electron chi connectivity index (χ2n) is 5.03. The molecule has 5 nitrogen and oxygen atoms in total. The second-order valence-corrected chi connectivity index (χ2v) is 5.89. The van der Waals surface area contributed by atoms with Gasteiger partial charge < -0.3 is 14.8 Å². The van der Waals surface area contributed by atoms with Crippen molar-refractivity contribution in [3.63, 3.8) is 0 Å². The summed E-state index contributed by atoms with van der Waals surface area (Å²) in [5, 5.41) is 2.80. The Morgan fingerprint density at radius 1 is 1.25 bits per heavy atom. The van der Waals surface area contributed by atoms with Crippen molar-refractivity contribution in [3.05, 3.63) is 52.0 Å². The first-order valence-corrected chi connectivity index (χ1v) is 8.24. The maximum absolute atomic E-state index is 12.1. The van der Waals surface area contributed by atoms with Crippen molar-refractivity contribution in [2.45, 2.75) is 13.8 Å². The van der Waals surface area contributed by atoms with Crippen LogP contribution in [0.25, 0.3) is 0 Å². The van der Waals surface area contributed by atoms with Crippen LogP contribution in [0.2, 0.25) is 0 Å². The number of ether oxygens (including phenoxy) is 2. The number of halogens is 1. The van der Waals surface area contributed by atoms with Crippen LogP contribution >= 0.6 is 15.9 Å². The number of carbonyl (C=O) groups is 2. The van der Waals surface area contributed by atoms with Gasteiger partial charge in [-0.3, -0.25) is 9.59 Å². The Balaban J connectivity index is 2.09. The summed E-state index contributed by atoms with van der Waals surface area (Å²) in [7, 11) is 0. The second kappa shape index (κ2) is 8.49. The molecule has 0 bridgehead atoms. The van der Waals surface area contributed by atoms with Crippen molar-refractivity contribution < 1.29 is 19.1 Å². The van der Waals surface area contributed by atoms with Crippen LogP contribution in [0.3, 0.4) is 0 Å². The van der Waals surface area contributed by atoms with Crippen LogP contribution in [-0.2, 0) is 4.79 Å². The number of rotatable bonds is 7. The van der Waals surface area contributed by atoms with E-state index in [1.165, 1.54) is 0 Å². The van der Waals surface area contributed by atoms with Crippen LogP contribution in [0, 0.1) is 6.92 Å². The smallest absolute Gasteiger partial charge is 0.262 e. The first-order chi connectivity index (χ1) is 11.5. The van der Waals surface area contributed by atoms with Crippen molar-refractivity contribution in [2.24, 2.45) is 0 Å². The molecule has 1 N–H and O–H groups in total. The molecule has 126 valence electrons. The fourth-order valence-corrected chi connectivity index (χ4v) is 2.67. The normalized spacial score (nSPS) is 10.1. The van der Waals surface area contributed by atoms with E-state index in [1.807, 2.05) is 38.1 Å². The number of benzene rings is 2. The molecule has 0 fully saturated rings. The summed E-state index contributed by atoms with van der Waals surface area (Å²) in [4.78, 5) is 23.0. The minimum atomic E-state index is -0.280. The molecule has 0 spiro atoms. The molecule has 24 heavy (non-hydrogen) atoms. The highest BCUT2D eigenvalue weighted by Gasteiger charge is 2.14. The SMILES string of the molecule is CCOc1cc(C=O)cc(Br)c1OCC(=O)Nc1ccccc1C. The van der Waals surface area contributed by atoms with Gasteiger partial charge in [-0.05, 0) is 53.5 Å². The first-order valence-electron chi connectivity index (χ1n) is 7.45. The summed E-state index contributed by atoms with van der Waals surface area (Å²) >= 11 is 3.34. The number of nitrogens with one attached hydrogen (secondary N) is 1. The molecular weight excluding hydrogens is 374 g/mol. The van der Waals surface area contributed by atoms with Gasteiger partial charge in [0.1, 0.15) is 6.29 Å². The van der Waals surface area contributed by atoms with Crippen molar-refractivity contribution in [2.75, 3.05) is 18.5 Å². The molecule has 0 unspecified atom stereocenters. The van der Waals surface area contributed by atoms with E-state index in [0.29, 0.717) is 28.1 Å². The predicted molar refractivity (Wildman–Crippen MR) is 96.0 cm³/mol. The van der Waals surface area contributed by atoms with E-state index >= 15 is 0 Å². The van der Waals surface area contributed by atoms with Gasteiger partial charge in [-0.1, -0.05) is 18.2 Å². The summed E-state index contributed by atoms with van der Waals surface area (Å²) in [5.41, 5.74) is 2.17. The number of hydrogen-bond donors (Lipinski definition) is 1. The zero-order valence-corrected chi connectivity index (χ0v) is 15.1. The average Bonchev–Trinajstić information content (AvgIpc) is 2.56. The molecule has 0 aromatic heterocycles. The lowest BCUT2D eigenvalue weighted by atomic mass is 10.2. The Hall–Kier alpha value is -2.34. The molecule has 2 rings (SSSR count). The Morgan fingerprint density at radius 2 is 2.00 bits per heavy atom. The molecule has 0 heterocycles. The standard InChI is InChI=1S/C18H18BrNO4/c1-3-23-16-9-13(10-21)8-14(19)18(16)24-11-17(22)20-15-7-5-4-6-12(15)2/h4-10H,3,11H2,1-2H3,(H,20,22). The number of para-hydroxylation sites is 1. The van der Waals surface area contributed by atoms with Crippen LogP contribution in [-0.4, -0.2) is 25.4 Å². The summed E-state index contributed by atoms with van der Waals surface area (Å²) in [6, 6.07) is 10.7. The molecule has 2 aromatic carbocycles. The first kappa shape index (κ1) is 18.0. The van der Waals surface area contributed by atoms with E-state index in [4.69, 9.17) is 9.47 Å². The minimum absolute atomic E-state index is 0.173. The van der Waals surface area contributed by atoms with E-state index in [-0.39, 0.29) is 12.5 Å². The number of carbonyl (C=O) groups excluding carboxylic acids is 2. The number of anilines is 1. The van der Waals surface area contributed by atoms with E-state index in [2.05, 4.69) is 21.2 Å². The predicted octanol–water partition coefficient (Wildman–Crippen LogP) is 3.99. The lowest BCUT2D eigenvalue weighted by Gasteiger charge is -2.14. The Kier molecular flexibility index (Phi) is 6.37. The maximum atomic E-state index is 12.1. The van der Waals surface area contributed by atoms with Gasteiger partial charge in [0.05, 0.1) is 11.1 Å². The topological polar surface area (TPSA) is 64.6 Å². The fraction of sp³-hybridized carbons (Fsp3) is 0.222. The number of amides is 1. The van der Waals surface area contributed by atoms with Crippen molar-refractivity contribution in [3.8, 4) is 11.5 Å². The van der Waals surface area contributed by atoms with Crippen LogP contribution in [0.1, 0.15) is 22.8 Å². The van der Waals surface area contributed by atoms with E-state index in [0.717, 1.165) is 17.5 Å². The summed E-state index contributed by atoms with van der Waals surface area (Å²) < 4.78 is 11.6. The highest BCUT2D eigenvalue weighted by molar-refractivity contribution is 9.10. The highest BCUT2D eigenvalue weighted by Crippen LogP contribution is 2.36. The molecule has 0 atom stereocenters. The highest BCUT2D eigenvalue weighted by atomic mass is 79.9. The molecule has 1 amide bonds. The van der Waals surface area contributed by atoms with Gasteiger partial charge in [0, 0.05) is 11.3 Å². The van der Waals surface area contributed by atoms with Crippen molar-refractivity contribution in [1.82, 2.24) is 0 Å². The van der Waals surface area contributed by atoms with Gasteiger partial charge in [0.25, 0.3) is 5.91 Å². The average molecular weight is 392 g/mol. The molecule has 0 aliphatic heterocycles. The minimum Gasteiger partial charge on any atom is -0.490 e. The molecule has 0 radical (unpaired) electrons. The molecule has 6 heteroatoms. The monoisotopic (exact) mass is 391 g/mol. The third-order valence-corrected chi connectivity index (χ3v) is 3.82. The van der Waals surface area contributed by atoms with Gasteiger partial charge in [-0.2, -0.15) is 0 Å². The largest absolute Gasteiger partial charge is 0.490 e. The molecular formula is C18H18BrNO4. The summed E-state index contributed by atoms with van der Waals surface area (Å²) in [5.74, 6) is 0.526. The molecule has 0 aliphatic rings. The van der Waals surface area contributed by atoms with Gasteiger partial charge in [-0.25, -0.2) is 0 Å². The van der Waals surface area contributed by atoms with E-state index < -0.39 is 0 Å². The van der Waals surface area contributed by atoms with Crippen LogP contribution in [0.4, 0.5) is 5.69 Å². The third kappa shape index (κ3) is 4.58. The van der Waals surface area contributed by atoms with Gasteiger partial charge in [0.15, 0.2) is 18.1 Å². The molecule has 2 aromatic rings. The lowest BCUT2D eigenvalue weighted by Crippen LogP contribution is -2.21. The third-order valence-electron chi connectivity index (χ3n) is 3.23. The van der Waals surface area contributed by atoms with E-state index in [9.17, 15) is 9.59 Å². The van der Waals surface area contributed by atoms with Crippen LogP contribution in [0.15, 0.2) is 40.9 Å². The quantitative estimate of drug-likeness (QED) is 0.724. The zero-order valence-electron chi connectivity index (χ0n) is 13.5. The fourth-order valence-electron chi connectivity index (χ4n) is 2.10. The Bertz CT molecular complexity index is 746. The molecule has 0 saturated carbocycles. The zero-order chi connectivity index (χ0) is 17.5. The maximum Gasteiger partial charge on any atom is 0.262 e. The number of aldehydes is 1. The Labute approximate surface area is 149 Å². The van der Waals surface area contributed by atoms with Crippen LogP contribution < -0.4 is 14.8 Å². The van der Waals surface area contributed by atoms with Crippen molar-refractivity contribution in [1.29, 1.82) is 0 Å². The van der Waals surface area contributed by atoms with Gasteiger partial charge in [0.2, 0.25) is 0 Å².